The van der Waals surface area contributed by atoms with Crippen LogP contribution < -0.4 is 19.3 Å². The summed E-state index contributed by atoms with van der Waals surface area (Å²) in [6, 6.07) is 9.45. The Bertz CT molecular complexity index is 959. The molecule has 32 heavy (non-hydrogen) atoms. The summed E-state index contributed by atoms with van der Waals surface area (Å²) in [7, 11) is 1.89. The molecule has 0 N–H and O–H groups in total. The lowest BCUT2D eigenvalue weighted by Crippen LogP contribution is -2.44. The molecule has 0 saturated heterocycles. The molecule has 1 aliphatic carbocycles. The fourth-order valence-corrected chi connectivity index (χ4v) is 4.35. The van der Waals surface area contributed by atoms with Gasteiger partial charge < -0.3 is 19.3 Å². The van der Waals surface area contributed by atoms with Gasteiger partial charge in [-0.1, -0.05) is 0 Å². The van der Waals surface area contributed by atoms with Gasteiger partial charge in [-0.25, -0.2) is 4.98 Å². The molecule has 172 valence electrons. The molecule has 0 atom stereocenters. The van der Waals surface area contributed by atoms with Crippen molar-refractivity contribution in [3.63, 3.8) is 0 Å². The molecule has 9 heteroatoms. The van der Waals surface area contributed by atoms with Gasteiger partial charge in [0.15, 0.2) is 5.82 Å². The molecule has 1 aromatic carbocycles. The molecule has 0 unspecified atom stereocenters. The largest absolute Gasteiger partial charge is 0.573 e. The highest BCUT2D eigenvalue weighted by atomic mass is 19.4. The lowest BCUT2D eigenvalue weighted by molar-refractivity contribution is -0.274. The minimum atomic E-state index is -4.70. The first-order chi connectivity index (χ1) is 15.2. The Hall–Kier alpha value is -2.97. The predicted molar refractivity (Wildman–Crippen MR) is 114 cm³/mol. The SMILES string of the molecule is CCN1C(=O)CN(C)c2nc(CC3CC(COc4ccc(OC(F)(F)F)cc4)C3)ccc21. The van der Waals surface area contributed by atoms with Crippen molar-refractivity contribution in [2.75, 3.05) is 36.5 Å². The van der Waals surface area contributed by atoms with Crippen molar-refractivity contribution < 1.29 is 27.4 Å². The summed E-state index contributed by atoms with van der Waals surface area (Å²) in [4.78, 5) is 20.7. The Labute approximate surface area is 184 Å². The van der Waals surface area contributed by atoms with Crippen molar-refractivity contribution in [3.8, 4) is 11.5 Å². The highest BCUT2D eigenvalue weighted by molar-refractivity contribution is 6.02. The Morgan fingerprint density at radius 1 is 1.06 bits per heavy atom. The maximum Gasteiger partial charge on any atom is 0.573 e. The summed E-state index contributed by atoms with van der Waals surface area (Å²) in [5.74, 6) is 2.14. The van der Waals surface area contributed by atoms with E-state index in [1.807, 2.05) is 31.0 Å². The van der Waals surface area contributed by atoms with Crippen LogP contribution in [0.25, 0.3) is 0 Å². The lowest BCUT2D eigenvalue weighted by atomic mass is 9.73. The van der Waals surface area contributed by atoms with E-state index in [9.17, 15) is 18.0 Å². The molecule has 4 rings (SSSR count). The van der Waals surface area contributed by atoms with Gasteiger partial charge in [0, 0.05) is 19.3 Å². The summed E-state index contributed by atoms with van der Waals surface area (Å²) < 4.78 is 46.2. The summed E-state index contributed by atoms with van der Waals surface area (Å²) in [6.45, 7) is 3.46. The Morgan fingerprint density at radius 2 is 1.75 bits per heavy atom. The van der Waals surface area contributed by atoms with Crippen LogP contribution in [0.4, 0.5) is 24.7 Å². The van der Waals surface area contributed by atoms with Crippen LogP contribution in [0.3, 0.4) is 0 Å². The van der Waals surface area contributed by atoms with E-state index in [1.54, 1.807) is 4.90 Å². The third kappa shape index (κ3) is 5.08. The van der Waals surface area contributed by atoms with E-state index >= 15 is 0 Å². The number of hydrogen-bond acceptors (Lipinski definition) is 5. The average Bonchev–Trinajstić information content (AvgIpc) is 2.70. The maximum atomic E-state index is 12.2. The number of rotatable bonds is 7. The third-order valence-corrected chi connectivity index (χ3v) is 5.93. The van der Waals surface area contributed by atoms with Gasteiger partial charge in [-0.2, -0.15) is 0 Å². The monoisotopic (exact) mass is 449 g/mol. The molecule has 2 heterocycles. The number of likely N-dealkylation sites (N-methyl/N-ethyl adjacent to an activating group) is 2. The number of carbonyl (C=O) groups is 1. The van der Waals surface area contributed by atoms with Gasteiger partial charge in [-0.05, 0) is 74.4 Å². The Kier molecular flexibility index (Phi) is 6.17. The number of halogens is 3. The quantitative estimate of drug-likeness (QED) is 0.626. The number of pyridine rings is 1. The third-order valence-electron chi connectivity index (χ3n) is 5.93. The van der Waals surface area contributed by atoms with E-state index in [1.165, 1.54) is 24.3 Å². The zero-order valence-corrected chi connectivity index (χ0v) is 18.1. The van der Waals surface area contributed by atoms with E-state index in [-0.39, 0.29) is 11.7 Å². The number of anilines is 2. The number of amides is 1. The molecule has 6 nitrogen and oxygen atoms in total. The second kappa shape index (κ2) is 8.88. The van der Waals surface area contributed by atoms with Crippen molar-refractivity contribution in [1.82, 2.24) is 4.98 Å². The van der Waals surface area contributed by atoms with Gasteiger partial charge in [-0.3, -0.25) is 4.79 Å². The molecule has 1 amide bonds. The fraction of sp³-hybridized carbons (Fsp3) is 0.478. The number of fused-ring (bicyclic) bond motifs is 1. The molecule has 0 bridgehead atoms. The smallest absolute Gasteiger partial charge is 0.493 e. The highest BCUT2D eigenvalue weighted by Crippen LogP contribution is 2.38. The Balaban J connectivity index is 1.25. The van der Waals surface area contributed by atoms with E-state index in [2.05, 4.69) is 4.74 Å². The number of alkyl halides is 3. The predicted octanol–water partition coefficient (Wildman–Crippen LogP) is 4.43. The first-order valence-electron chi connectivity index (χ1n) is 10.7. The first kappa shape index (κ1) is 22.2. The van der Waals surface area contributed by atoms with Crippen LogP contribution in [-0.2, 0) is 11.2 Å². The van der Waals surface area contributed by atoms with Crippen LogP contribution in [0.2, 0.25) is 0 Å². The van der Waals surface area contributed by atoms with Gasteiger partial charge in [0.25, 0.3) is 0 Å². The highest BCUT2D eigenvalue weighted by Gasteiger charge is 2.32. The number of nitrogens with zero attached hydrogens (tertiary/aromatic N) is 3. The van der Waals surface area contributed by atoms with E-state index in [0.29, 0.717) is 37.3 Å². The van der Waals surface area contributed by atoms with Crippen LogP contribution in [0.15, 0.2) is 36.4 Å². The molecule has 1 aromatic heterocycles. The zero-order valence-electron chi connectivity index (χ0n) is 18.1. The van der Waals surface area contributed by atoms with Crippen LogP contribution in [0.1, 0.15) is 25.5 Å². The number of carbonyl (C=O) groups excluding carboxylic acids is 1. The molecular formula is C23H26F3N3O3. The fourth-order valence-electron chi connectivity index (χ4n) is 4.35. The minimum absolute atomic E-state index is 0.0846. The van der Waals surface area contributed by atoms with E-state index < -0.39 is 6.36 Å². The van der Waals surface area contributed by atoms with E-state index in [0.717, 1.165) is 36.5 Å². The normalized spacial score (nSPS) is 20.6. The van der Waals surface area contributed by atoms with Crippen LogP contribution in [0.5, 0.6) is 11.5 Å². The van der Waals surface area contributed by atoms with Gasteiger partial charge in [0.2, 0.25) is 5.91 Å². The molecule has 1 fully saturated rings. The average molecular weight is 449 g/mol. The Morgan fingerprint density at radius 3 is 2.41 bits per heavy atom. The number of ether oxygens (including phenoxy) is 2. The maximum absolute atomic E-state index is 12.2. The van der Waals surface area contributed by atoms with Crippen LogP contribution in [0, 0.1) is 11.8 Å². The van der Waals surface area contributed by atoms with Crippen LogP contribution >= 0.6 is 0 Å². The van der Waals surface area contributed by atoms with Crippen molar-refractivity contribution in [3.05, 3.63) is 42.1 Å². The van der Waals surface area contributed by atoms with Crippen molar-refractivity contribution in [2.24, 2.45) is 11.8 Å². The van der Waals surface area contributed by atoms with Gasteiger partial charge in [-0.15, -0.1) is 13.2 Å². The number of hydrogen-bond donors (Lipinski definition) is 0. The summed E-state index contributed by atoms with van der Waals surface area (Å²) >= 11 is 0. The van der Waals surface area contributed by atoms with Crippen LogP contribution in [-0.4, -0.2) is 44.0 Å². The standard InChI is InChI=1S/C23H26F3N3O3/c1-3-29-20-9-4-17(27-22(20)28(2)13-21(29)30)12-15-10-16(11-15)14-31-18-5-7-19(8-6-18)32-23(24,25)26/h4-9,15-16H,3,10-14H2,1-2H3. The molecular weight excluding hydrogens is 423 g/mol. The zero-order chi connectivity index (χ0) is 22.9. The number of aromatic nitrogens is 1. The van der Waals surface area contributed by atoms with E-state index in [4.69, 9.17) is 9.72 Å². The second-order valence-electron chi connectivity index (χ2n) is 8.38. The molecule has 0 radical (unpaired) electrons. The minimum Gasteiger partial charge on any atom is -0.493 e. The van der Waals surface area contributed by atoms with Crippen molar-refractivity contribution >= 4 is 17.4 Å². The van der Waals surface area contributed by atoms with Crippen molar-refractivity contribution in [2.45, 2.75) is 32.5 Å². The molecule has 2 aromatic rings. The van der Waals surface area contributed by atoms with Crippen molar-refractivity contribution in [1.29, 1.82) is 0 Å². The molecule has 2 aliphatic rings. The molecule has 1 aliphatic heterocycles. The lowest BCUT2D eigenvalue weighted by Gasteiger charge is -2.36. The second-order valence-corrected chi connectivity index (χ2v) is 8.38. The summed E-state index contributed by atoms with van der Waals surface area (Å²) in [5, 5.41) is 0. The molecule has 0 spiro atoms. The van der Waals surface area contributed by atoms with Gasteiger partial charge in [0.1, 0.15) is 11.5 Å². The number of benzene rings is 1. The van der Waals surface area contributed by atoms with Gasteiger partial charge >= 0.3 is 6.36 Å². The summed E-state index contributed by atoms with van der Waals surface area (Å²) in [6.07, 6.45) is -1.79. The molecule has 1 saturated carbocycles. The van der Waals surface area contributed by atoms with Gasteiger partial charge in [0.05, 0.1) is 18.8 Å². The summed E-state index contributed by atoms with van der Waals surface area (Å²) in [5.41, 5.74) is 1.88. The first-order valence-corrected chi connectivity index (χ1v) is 10.7. The topological polar surface area (TPSA) is 54.9 Å².